The standard InChI is InChI=1S/C28H30F3NO11/c1-11(28(29,30)31)32-27(37)26-23(36)21(34)22(35)25(43-26)20-17(40-4)10-18-19(24(20)41-5)13(33)9-15(42-18)12-6-7-14(38-2)16(8-12)39-3/h6-11,21-23,25-26,34-36H,1-5H3,(H,32,37)/t11-,21-,22-,23+,25+,26+/m1/s1. The molecule has 0 bridgehead atoms. The van der Waals surface area contributed by atoms with Gasteiger partial charge in [-0.1, -0.05) is 0 Å². The SMILES string of the molecule is COc1ccc(-c2cc(=O)c3c(OC)c([C@@H]4O[C@H](C(=O)N[C@H](C)C(F)(F)F)[C@@H](O)[C@H](O)[C@H]4O)c(OC)cc3o2)cc1OC. The fraction of sp³-hybridized carbons (Fsp3) is 0.429. The van der Waals surface area contributed by atoms with Crippen molar-refractivity contribution >= 4 is 16.9 Å². The van der Waals surface area contributed by atoms with Gasteiger partial charge in [0.25, 0.3) is 5.91 Å². The van der Waals surface area contributed by atoms with Gasteiger partial charge in [-0.2, -0.15) is 13.2 Å². The molecule has 0 saturated carbocycles. The van der Waals surface area contributed by atoms with Gasteiger partial charge in [0, 0.05) is 17.7 Å². The minimum Gasteiger partial charge on any atom is -0.496 e. The number of fused-ring (bicyclic) bond motifs is 1. The Labute approximate surface area is 242 Å². The molecule has 6 atom stereocenters. The van der Waals surface area contributed by atoms with E-state index in [2.05, 4.69) is 0 Å². The number of aliphatic hydroxyl groups is 3. The van der Waals surface area contributed by atoms with E-state index < -0.39 is 54.1 Å². The Kier molecular flexibility index (Phi) is 9.11. The minimum atomic E-state index is -4.80. The highest BCUT2D eigenvalue weighted by Crippen LogP contribution is 2.46. The predicted molar refractivity (Wildman–Crippen MR) is 143 cm³/mol. The number of amides is 1. The van der Waals surface area contributed by atoms with E-state index >= 15 is 0 Å². The van der Waals surface area contributed by atoms with Crippen molar-refractivity contribution in [3.8, 4) is 34.3 Å². The maximum absolute atomic E-state index is 13.5. The van der Waals surface area contributed by atoms with E-state index in [1.165, 1.54) is 40.6 Å². The Morgan fingerprint density at radius 2 is 1.56 bits per heavy atom. The summed E-state index contributed by atoms with van der Waals surface area (Å²) in [4.78, 5) is 26.1. The molecule has 2 aromatic carbocycles. The highest BCUT2D eigenvalue weighted by Gasteiger charge is 2.50. The molecule has 0 unspecified atom stereocenters. The zero-order chi connectivity index (χ0) is 31.8. The number of ether oxygens (including phenoxy) is 5. The van der Waals surface area contributed by atoms with Crippen molar-refractivity contribution in [2.24, 2.45) is 0 Å². The van der Waals surface area contributed by atoms with Gasteiger partial charge < -0.3 is 48.7 Å². The van der Waals surface area contributed by atoms with Crippen LogP contribution in [0.2, 0.25) is 0 Å². The third kappa shape index (κ3) is 5.93. The minimum absolute atomic E-state index is 0.0195. The summed E-state index contributed by atoms with van der Waals surface area (Å²) in [5, 5.41) is 33.4. The highest BCUT2D eigenvalue weighted by molar-refractivity contribution is 5.89. The summed E-state index contributed by atoms with van der Waals surface area (Å²) in [6.07, 6.45) is -14.7. The molecule has 0 spiro atoms. The van der Waals surface area contributed by atoms with Crippen molar-refractivity contribution in [1.29, 1.82) is 0 Å². The van der Waals surface area contributed by atoms with Gasteiger partial charge in [0.05, 0.1) is 34.0 Å². The van der Waals surface area contributed by atoms with E-state index in [1.54, 1.807) is 23.5 Å². The molecular weight excluding hydrogens is 583 g/mol. The molecule has 0 radical (unpaired) electrons. The van der Waals surface area contributed by atoms with E-state index in [0.29, 0.717) is 24.0 Å². The van der Waals surface area contributed by atoms with Crippen LogP contribution >= 0.6 is 0 Å². The lowest BCUT2D eigenvalue weighted by Crippen LogP contribution is -2.60. The molecule has 12 nitrogen and oxygen atoms in total. The summed E-state index contributed by atoms with van der Waals surface area (Å²) in [7, 11) is 5.33. The van der Waals surface area contributed by atoms with E-state index in [9.17, 15) is 38.1 Å². The zero-order valence-electron chi connectivity index (χ0n) is 23.6. The third-order valence-corrected chi connectivity index (χ3v) is 7.07. The normalized spacial score (nSPS) is 23.0. The van der Waals surface area contributed by atoms with Crippen LogP contribution in [0, 0.1) is 0 Å². The van der Waals surface area contributed by atoms with Crippen LogP contribution in [-0.2, 0) is 9.53 Å². The average molecular weight is 614 g/mol. The maximum atomic E-state index is 13.5. The molecule has 4 rings (SSSR count). The summed E-state index contributed by atoms with van der Waals surface area (Å²) in [6.45, 7) is 0.681. The summed E-state index contributed by atoms with van der Waals surface area (Å²) in [5.74, 6) is -0.754. The number of alkyl halides is 3. The Balaban J connectivity index is 1.83. The molecule has 2 heterocycles. The fourth-order valence-electron chi connectivity index (χ4n) is 4.77. The van der Waals surface area contributed by atoms with E-state index in [4.69, 9.17) is 28.1 Å². The second kappa shape index (κ2) is 12.3. The number of carbonyl (C=O) groups excluding carboxylic acids is 1. The molecule has 1 aliphatic heterocycles. The van der Waals surface area contributed by atoms with Crippen LogP contribution < -0.4 is 29.7 Å². The van der Waals surface area contributed by atoms with Gasteiger partial charge in [0.1, 0.15) is 58.7 Å². The molecule has 43 heavy (non-hydrogen) atoms. The number of methoxy groups -OCH3 is 4. The number of rotatable bonds is 8. The monoisotopic (exact) mass is 613 g/mol. The molecule has 1 fully saturated rings. The van der Waals surface area contributed by atoms with Crippen LogP contribution in [0.15, 0.2) is 39.5 Å². The quantitative estimate of drug-likeness (QED) is 0.294. The van der Waals surface area contributed by atoms with Crippen molar-refractivity contribution in [3.05, 3.63) is 46.1 Å². The van der Waals surface area contributed by atoms with Gasteiger partial charge in [-0.25, -0.2) is 0 Å². The van der Waals surface area contributed by atoms with Crippen LogP contribution in [-0.4, -0.2) is 86.3 Å². The summed E-state index contributed by atoms with van der Waals surface area (Å²) in [6, 6.07) is 4.99. The third-order valence-electron chi connectivity index (χ3n) is 7.07. The molecule has 1 amide bonds. The fourth-order valence-corrected chi connectivity index (χ4v) is 4.77. The number of hydrogen-bond acceptors (Lipinski definition) is 11. The molecule has 15 heteroatoms. The number of aliphatic hydroxyl groups excluding tert-OH is 3. The van der Waals surface area contributed by atoms with E-state index in [-0.39, 0.29) is 33.8 Å². The van der Waals surface area contributed by atoms with Crippen LogP contribution in [0.5, 0.6) is 23.0 Å². The summed E-state index contributed by atoms with van der Waals surface area (Å²) >= 11 is 0. The van der Waals surface area contributed by atoms with Gasteiger partial charge in [0.2, 0.25) is 0 Å². The van der Waals surface area contributed by atoms with Crippen molar-refractivity contribution in [2.75, 3.05) is 28.4 Å². The van der Waals surface area contributed by atoms with Crippen molar-refractivity contribution in [1.82, 2.24) is 5.32 Å². The number of halogens is 3. The first-order valence-corrected chi connectivity index (χ1v) is 12.8. The molecule has 234 valence electrons. The van der Waals surface area contributed by atoms with Gasteiger partial charge in [-0.3, -0.25) is 9.59 Å². The lowest BCUT2D eigenvalue weighted by Gasteiger charge is -2.41. The summed E-state index contributed by atoms with van der Waals surface area (Å²) < 4.78 is 72.3. The first kappa shape index (κ1) is 31.9. The van der Waals surface area contributed by atoms with Crippen molar-refractivity contribution < 1.29 is 61.4 Å². The van der Waals surface area contributed by atoms with Crippen molar-refractivity contribution in [3.63, 3.8) is 0 Å². The van der Waals surface area contributed by atoms with Crippen LogP contribution in [0.4, 0.5) is 13.2 Å². The Bertz CT molecular complexity index is 1560. The topological polar surface area (TPSA) is 166 Å². The Morgan fingerprint density at radius 1 is 0.907 bits per heavy atom. The Morgan fingerprint density at radius 3 is 2.14 bits per heavy atom. The molecule has 1 saturated heterocycles. The molecule has 1 aliphatic rings. The number of nitrogens with one attached hydrogen (secondary N) is 1. The smallest absolute Gasteiger partial charge is 0.408 e. The summed E-state index contributed by atoms with van der Waals surface area (Å²) in [5.41, 5.74) is -0.326. The number of hydrogen-bond donors (Lipinski definition) is 4. The van der Waals surface area contributed by atoms with Crippen LogP contribution in [0.3, 0.4) is 0 Å². The molecular formula is C28H30F3NO11. The van der Waals surface area contributed by atoms with Crippen LogP contribution in [0.1, 0.15) is 18.6 Å². The molecule has 0 aliphatic carbocycles. The van der Waals surface area contributed by atoms with Gasteiger partial charge in [0.15, 0.2) is 23.0 Å². The van der Waals surface area contributed by atoms with Gasteiger partial charge >= 0.3 is 6.18 Å². The van der Waals surface area contributed by atoms with E-state index in [1.807, 2.05) is 0 Å². The van der Waals surface area contributed by atoms with E-state index in [0.717, 1.165) is 0 Å². The predicted octanol–water partition coefficient (Wildman–Crippen LogP) is 2.08. The largest absolute Gasteiger partial charge is 0.496 e. The first-order valence-electron chi connectivity index (χ1n) is 12.8. The van der Waals surface area contributed by atoms with Gasteiger partial charge in [-0.05, 0) is 25.1 Å². The second-order valence-electron chi connectivity index (χ2n) is 9.66. The molecule has 4 N–H and O–H groups in total. The van der Waals surface area contributed by atoms with Gasteiger partial charge in [-0.15, -0.1) is 0 Å². The molecule has 3 aromatic rings. The van der Waals surface area contributed by atoms with Crippen molar-refractivity contribution in [2.45, 2.75) is 49.7 Å². The highest BCUT2D eigenvalue weighted by atomic mass is 19.4. The zero-order valence-corrected chi connectivity index (χ0v) is 23.6. The van der Waals surface area contributed by atoms with Crippen LogP contribution in [0.25, 0.3) is 22.3 Å². The lowest BCUT2D eigenvalue weighted by molar-refractivity contribution is -0.225. The maximum Gasteiger partial charge on any atom is 0.408 e. The lowest BCUT2D eigenvalue weighted by atomic mass is 9.89. The number of carbonyl (C=O) groups is 1. The first-order chi connectivity index (χ1) is 20.3. The molecule has 1 aromatic heterocycles. The second-order valence-corrected chi connectivity index (χ2v) is 9.66. The Hall–Kier alpha value is -4.05. The average Bonchev–Trinajstić information content (AvgIpc) is 2.98. The number of benzene rings is 2.